The van der Waals surface area contributed by atoms with Crippen molar-refractivity contribution in [2.45, 2.75) is 25.3 Å². The molecule has 0 aliphatic carbocycles. The number of hydrogen-bond donors (Lipinski definition) is 1. The fourth-order valence-corrected chi connectivity index (χ4v) is 2.48. The molecule has 0 bridgehead atoms. The summed E-state index contributed by atoms with van der Waals surface area (Å²) < 4.78 is 13.0. The van der Waals surface area contributed by atoms with Crippen LogP contribution in [0.15, 0.2) is 30.3 Å². The summed E-state index contributed by atoms with van der Waals surface area (Å²) in [6.07, 6.45) is 4.16. The Morgan fingerprint density at radius 1 is 1.39 bits per heavy atom. The minimum absolute atomic E-state index is 0.00537. The molecule has 2 rings (SSSR count). The fraction of sp³-hybridized carbons (Fsp3) is 0.353. The van der Waals surface area contributed by atoms with Crippen LogP contribution in [0.5, 0.6) is 0 Å². The van der Waals surface area contributed by atoms with E-state index in [0.29, 0.717) is 31.5 Å². The van der Waals surface area contributed by atoms with Crippen LogP contribution in [0.25, 0.3) is 6.08 Å². The first-order valence-corrected chi connectivity index (χ1v) is 7.47. The lowest BCUT2D eigenvalue weighted by Crippen LogP contribution is -2.46. The van der Waals surface area contributed by atoms with E-state index in [9.17, 15) is 14.0 Å². The largest absolute Gasteiger partial charge is 0.350 e. The highest BCUT2D eigenvalue weighted by Gasteiger charge is 2.22. The molecular formula is C17H18FN3O2. The molecule has 0 unspecified atom stereocenters. The monoisotopic (exact) mass is 315 g/mol. The van der Waals surface area contributed by atoms with E-state index in [2.05, 4.69) is 5.32 Å². The Hall–Kier alpha value is -2.68. The van der Waals surface area contributed by atoms with Crippen molar-refractivity contribution in [1.29, 1.82) is 5.26 Å². The number of nitrogens with one attached hydrogen (secondary N) is 1. The third-order valence-corrected chi connectivity index (χ3v) is 3.70. The number of nitrogens with zero attached hydrogens (tertiary/aromatic N) is 2. The first-order valence-electron chi connectivity index (χ1n) is 7.47. The SMILES string of the molecule is N#CCC(=O)N1CCC(NC(=O)/C=C/c2cccc(F)c2)CC1. The molecule has 0 saturated carbocycles. The molecule has 1 saturated heterocycles. The average molecular weight is 315 g/mol. The van der Waals surface area contributed by atoms with Crippen molar-refractivity contribution in [2.24, 2.45) is 0 Å². The first-order chi connectivity index (χ1) is 11.1. The molecule has 1 fully saturated rings. The second-order valence-corrected chi connectivity index (χ2v) is 5.39. The molecule has 1 N–H and O–H groups in total. The number of hydrogen-bond acceptors (Lipinski definition) is 3. The normalized spacial score (nSPS) is 15.4. The topological polar surface area (TPSA) is 73.2 Å². The van der Waals surface area contributed by atoms with Gasteiger partial charge in [-0.3, -0.25) is 9.59 Å². The molecule has 0 atom stereocenters. The van der Waals surface area contributed by atoms with Crippen molar-refractivity contribution in [3.05, 3.63) is 41.7 Å². The summed E-state index contributed by atoms with van der Waals surface area (Å²) in [7, 11) is 0. The maximum Gasteiger partial charge on any atom is 0.244 e. The van der Waals surface area contributed by atoms with E-state index in [-0.39, 0.29) is 30.1 Å². The maximum absolute atomic E-state index is 13.0. The van der Waals surface area contributed by atoms with Crippen LogP contribution in [-0.4, -0.2) is 35.8 Å². The van der Waals surface area contributed by atoms with Gasteiger partial charge in [-0.1, -0.05) is 12.1 Å². The highest BCUT2D eigenvalue weighted by molar-refractivity contribution is 5.91. The van der Waals surface area contributed by atoms with Crippen molar-refractivity contribution in [1.82, 2.24) is 10.2 Å². The van der Waals surface area contributed by atoms with Crippen LogP contribution in [0.3, 0.4) is 0 Å². The highest BCUT2D eigenvalue weighted by Crippen LogP contribution is 2.11. The average Bonchev–Trinajstić information content (AvgIpc) is 2.54. The predicted octanol–water partition coefficient (Wildman–Crippen LogP) is 1.86. The summed E-state index contributed by atoms with van der Waals surface area (Å²) in [5.41, 5.74) is 0.622. The summed E-state index contributed by atoms with van der Waals surface area (Å²) >= 11 is 0. The number of carbonyl (C=O) groups excluding carboxylic acids is 2. The van der Waals surface area contributed by atoms with E-state index >= 15 is 0 Å². The van der Waals surface area contributed by atoms with E-state index in [0.717, 1.165) is 0 Å². The molecule has 0 spiro atoms. The second kappa shape index (κ2) is 8.08. The van der Waals surface area contributed by atoms with Gasteiger partial charge in [-0.15, -0.1) is 0 Å². The van der Waals surface area contributed by atoms with Gasteiger partial charge in [0, 0.05) is 25.2 Å². The zero-order chi connectivity index (χ0) is 16.7. The van der Waals surface area contributed by atoms with Gasteiger partial charge in [0.2, 0.25) is 11.8 Å². The second-order valence-electron chi connectivity index (χ2n) is 5.39. The van der Waals surface area contributed by atoms with Gasteiger partial charge in [-0.05, 0) is 36.6 Å². The molecule has 23 heavy (non-hydrogen) atoms. The maximum atomic E-state index is 13.0. The number of rotatable bonds is 4. The van der Waals surface area contributed by atoms with Crippen LogP contribution in [-0.2, 0) is 9.59 Å². The molecule has 1 aliphatic heterocycles. The zero-order valence-corrected chi connectivity index (χ0v) is 12.7. The molecule has 6 heteroatoms. The summed E-state index contributed by atoms with van der Waals surface area (Å²) in [6.45, 7) is 1.08. The Morgan fingerprint density at radius 3 is 2.78 bits per heavy atom. The van der Waals surface area contributed by atoms with Gasteiger partial charge in [-0.25, -0.2) is 4.39 Å². The zero-order valence-electron chi connectivity index (χ0n) is 12.7. The van der Waals surface area contributed by atoms with Gasteiger partial charge in [0.25, 0.3) is 0 Å². The lowest BCUT2D eigenvalue weighted by molar-refractivity contribution is -0.131. The van der Waals surface area contributed by atoms with Crippen LogP contribution >= 0.6 is 0 Å². The fourth-order valence-electron chi connectivity index (χ4n) is 2.48. The summed E-state index contributed by atoms with van der Waals surface area (Å²) in [6, 6.07) is 7.85. The van der Waals surface area contributed by atoms with Crippen LogP contribution in [0.4, 0.5) is 4.39 Å². The van der Waals surface area contributed by atoms with Crippen LogP contribution in [0.1, 0.15) is 24.8 Å². The Bertz CT molecular complexity index is 643. The van der Waals surface area contributed by atoms with Crippen molar-refractivity contribution in [3.8, 4) is 6.07 Å². The Morgan fingerprint density at radius 2 is 2.13 bits per heavy atom. The molecule has 1 aromatic rings. The molecule has 120 valence electrons. The number of carbonyl (C=O) groups is 2. The van der Waals surface area contributed by atoms with Crippen molar-refractivity contribution in [2.75, 3.05) is 13.1 Å². The minimum atomic E-state index is -0.345. The van der Waals surface area contributed by atoms with Crippen molar-refractivity contribution in [3.63, 3.8) is 0 Å². The lowest BCUT2D eigenvalue weighted by atomic mass is 10.0. The van der Waals surface area contributed by atoms with Crippen LogP contribution < -0.4 is 5.32 Å². The molecule has 0 radical (unpaired) electrons. The van der Waals surface area contributed by atoms with E-state index in [1.807, 2.05) is 6.07 Å². The smallest absolute Gasteiger partial charge is 0.244 e. The van der Waals surface area contributed by atoms with Crippen LogP contribution in [0.2, 0.25) is 0 Å². The molecule has 0 aromatic heterocycles. The van der Waals surface area contributed by atoms with Crippen LogP contribution in [0, 0.1) is 17.1 Å². The molecule has 1 heterocycles. The van der Waals surface area contributed by atoms with E-state index in [4.69, 9.17) is 5.26 Å². The van der Waals surface area contributed by atoms with Gasteiger partial charge in [0.05, 0.1) is 6.07 Å². The van der Waals surface area contributed by atoms with Gasteiger partial charge in [0.15, 0.2) is 0 Å². The lowest BCUT2D eigenvalue weighted by Gasteiger charge is -2.31. The summed E-state index contributed by atoms with van der Waals surface area (Å²) in [5.74, 6) is -0.749. The minimum Gasteiger partial charge on any atom is -0.350 e. The first kappa shape index (κ1) is 16.7. The number of piperidine rings is 1. The Kier molecular flexibility index (Phi) is 5.87. The summed E-state index contributed by atoms with van der Waals surface area (Å²) in [5, 5.41) is 11.4. The van der Waals surface area contributed by atoms with Crippen molar-refractivity contribution < 1.29 is 14.0 Å². The molecule has 2 amide bonds. The third kappa shape index (κ3) is 5.22. The predicted molar refractivity (Wildman–Crippen MR) is 83.4 cm³/mol. The number of likely N-dealkylation sites (tertiary alicyclic amines) is 1. The highest BCUT2D eigenvalue weighted by atomic mass is 19.1. The number of nitriles is 1. The molecule has 1 aromatic carbocycles. The van der Waals surface area contributed by atoms with E-state index < -0.39 is 0 Å². The van der Waals surface area contributed by atoms with Gasteiger partial charge >= 0.3 is 0 Å². The third-order valence-electron chi connectivity index (χ3n) is 3.70. The molecule has 5 nitrogen and oxygen atoms in total. The van der Waals surface area contributed by atoms with Gasteiger partial charge in [-0.2, -0.15) is 5.26 Å². The standard InChI is InChI=1S/C17H18FN3O2/c18-14-3-1-2-13(12-14)4-5-16(22)20-15-7-10-21(11-8-15)17(23)6-9-19/h1-5,12,15H,6-8,10-11H2,(H,20,22)/b5-4+. The molecular weight excluding hydrogens is 297 g/mol. The Balaban J connectivity index is 1.79. The quantitative estimate of drug-likeness (QED) is 0.862. The van der Waals surface area contributed by atoms with Crippen molar-refractivity contribution >= 4 is 17.9 Å². The van der Waals surface area contributed by atoms with E-state index in [1.54, 1.807) is 23.1 Å². The number of benzene rings is 1. The van der Waals surface area contributed by atoms with Gasteiger partial charge in [0.1, 0.15) is 12.2 Å². The molecule has 1 aliphatic rings. The van der Waals surface area contributed by atoms with Gasteiger partial charge < -0.3 is 10.2 Å². The number of halogens is 1. The Labute approximate surface area is 134 Å². The van der Waals surface area contributed by atoms with E-state index in [1.165, 1.54) is 18.2 Å². The summed E-state index contributed by atoms with van der Waals surface area (Å²) in [4.78, 5) is 25.1. The number of amides is 2.